The van der Waals surface area contributed by atoms with E-state index in [9.17, 15) is 34.2 Å². The molecule has 0 saturated carbocycles. The van der Waals surface area contributed by atoms with Crippen molar-refractivity contribution in [3.05, 3.63) is 0 Å². The minimum Gasteiger partial charge on any atom is -0.481 e. The maximum Gasteiger partial charge on any atom is 0.326 e. The summed E-state index contributed by atoms with van der Waals surface area (Å²) in [5.74, 6) is -4.68. The lowest BCUT2D eigenvalue weighted by Gasteiger charge is -2.26. The zero-order chi connectivity index (χ0) is 25.0. The molecule has 1 saturated heterocycles. The van der Waals surface area contributed by atoms with Gasteiger partial charge in [0.05, 0.1) is 12.1 Å². The van der Waals surface area contributed by atoms with Crippen LogP contribution in [-0.2, 0) is 24.0 Å². The van der Waals surface area contributed by atoms with Crippen LogP contribution in [0.25, 0.3) is 0 Å². The molecule has 9 N–H and O–H groups in total. The first-order chi connectivity index (χ1) is 15.6. The quantitative estimate of drug-likeness (QED) is 0.118. The zero-order valence-electron chi connectivity index (χ0n) is 18.7. The maximum atomic E-state index is 12.8. The molecule has 3 amide bonds. The van der Waals surface area contributed by atoms with Crippen molar-refractivity contribution in [1.29, 1.82) is 0 Å². The molecule has 0 spiro atoms. The Labute approximate surface area is 191 Å². The lowest BCUT2D eigenvalue weighted by Crippen LogP contribution is -2.59. The smallest absolute Gasteiger partial charge is 0.326 e. The van der Waals surface area contributed by atoms with Gasteiger partial charge < -0.3 is 42.3 Å². The fourth-order valence-electron chi connectivity index (χ4n) is 3.39. The van der Waals surface area contributed by atoms with Crippen molar-refractivity contribution < 1.29 is 39.3 Å². The molecule has 33 heavy (non-hydrogen) atoms. The topological polar surface area (TPSA) is 220 Å². The van der Waals surface area contributed by atoms with E-state index in [0.29, 0.717) is 32.4 Å². The van der Waals surface area contributed by atoms with Crippen LogP contribution in [0.15, 0.2) is 0 Å². The Morgan fingerprint density at radius 2 is 1.67 bits per heavy atom. The molecule has 1 aliphatic rings. The van der Waals surface area contributed by atoms with Gasteiger partial charge in [0.15, 0.2) is 0 Å². The second-order valence-electron chi connectivity index (χ2n) is 8.05. The summed E-state index contributed by atoms with van der Waals surface area (Å²) in [5.41, 5.74) is 5.48. The predicted molar refractivity (Wildman–Crippen MR) is 116 cm³/mol. The molecular formula is C20H35N5O8. The van der Waals surface area contributed by atoms with Crippen molar-refractivity contribution in [2.24, 2.45) is 5.73 Å². The summed E-state index contributed by atoms with van der Waals surface area (Å²) in [6, 6.07) is -4.43. The van der Waals surface area contributed by atoms with E-state index in [0.717, 1.165) is 6.42 Å². The number of nitrogens with one attached hydrogen (secondary N) is 4. The Kier molecular flexibility index (Phi) is 12.3. The number of hydrogen-bond donors (Lipinski definition) is 8. The SMILES string of the molecule is CC(O)C(NC(=O)C1CCCN1)C(=O)NC(CCCCN)C(=O)NC(CCC(=O)O)C(=O)O. The van der Waals surface area contributed by atoms with Crippen LogP contribution in [0.5, 0.6) is 0 Å². The van der Waals surface area contributed by atoms with Gasteiger partial charge in [-0.2, -0.15) is 0 Å². The highest BCUT2D eigenvalue weighted by molar-refractivity contribution is 5.94. The van der Waals surface area contributed by atoms with E-state index in [1.807, 2.05) is 0 Å². The zero-order valence-corrected chi connectivity index (χ0v) is 18.7. The van der Waals surface area contributed by atoms with Crippen molar-refractivity contribution in [3.8, 4) is 0 Å². The van der Waals surface area contributed by atoms with E-state index in [1.54, 1.807) is 0 Å². The first-order valence-electron chi connectivity index (χ1n) is 11.0. The highest BCUT2D eigenvalue weighted by Gasteiger charge is 2.33. The fraction of sp³-hybridized carbons (Fsp3) is 0.750. The second kappa shape index (κ2) is 14.4. The van der Waals surface area contributed by atoms with Crippen LogP contribution in [0.4, 0.5) is 0 Å². The predicted octanol–water partition coefficient (Wildman–Crippen LogP) is -2.35. The van der Waals surface area contributed by atoms with Gasteiger partial charge >= 0.3 is 11.9 Å². The Morgan fingerprint density at radius 1 is 1.00 bits per heavy atom. The molecule has 188 valence electrons. The van der Waals surface area contributed by atoms with E-state index in [2.05, 4.69) is 21.3 Å². The van der Waals surface area contributed by atoms with Crippen molar-refractivity contribution >= 4 is 29.7 Å². The lowest BCUT2D eigenvalue weighted by atomic mass is 10.0. The second-order valence-corrected chi connectivity index (χ2v) is 8.05. The fourth-order valence-corrected chi connectivity index (χ4v) is 3.39. The normalized spacial score (nSPS) is 19.1. The summed E-state index contributed by atoms with van der Waals surface area (Å²) in [7, 11) is 0. The van der Waals surface area contributed by atoms with Crippen molar-refractivity contribution in [3.63, 3.8) is 0 Å². The van der Waals surface area contributed by atoms with Gasteiger partial charge in [-0.3, -0.25) is 19.2 Å². The van der Waals surface area contributed by atoms with Crippen LogP contribution in [0.1, 0.15) is 51.9 Å². The molecule has 0 bridgehead atoms. The molecule has 1 rings (SSSR count). The van der Waals surface area contributed by atoms with Crippen LogP contribution in [0.3, 0.4) is 0 Å². The summed E-state index contributed by atoms with van der Waals surface area (Å²) in [6.07, 6.45) is 0.463. The highest BCUT2D eigenvalue weighted by atomic mass is 16.4. The maximum absolute atomic E-state index is 12.8. The van der Waals surface area contributed by atoms with Gasteiger partial charge in [-0.1, -0.05) is 0 Å². The van der Waals surface area contributed by atoms with Crippen LogP contribution in [0, 0.1) is 0 Å². The molecule has 13 heteroatoms. The number of aliphatic carboxylic acids is 2. The molecule has 13 nitrogen and oxygen atoms in total. The van der Waals surface area contributed by atoms with Gasteiger partial charge in [-0.25, -0.2) is 4.79 Å². The number of carbonyl (C=O) groups is 5. The van der Waals surface area contributed by atoms with Gasteiger partial charge in [0.2, 0.25) is 17.7 Å². The van der Waals surface area contributed by atoms with Gasteiger partial charge in [0.1, 0.15) is 18.1 Å². The number of carboxylic acid groups (broad SMARTS) is 2. The van der Waals surface area contributed by atoms with E-state index in [1.165, 1.54) is 6.92 Å². The number of nitrogens with two attached hydrogens (primary N) is 1. The third-order valence-electron chi connectivity index (χ3n) is 5.28. The van der Waals surface area contributed by atoms with Gasteiger partial charge in [0.25, 0.3) is 0 Å². The average molecular weight is 474 g/mol. The lowest BCUT2D eigenvalue weighted by molar-refractivity contribution is -0.143. The molecule has 5 unspecified atom stereocenters. The Bertz CT molecular complexity index is 696. The molecule has 1 heterocycles. The third-order valence-corrected chi connectivity index (χ3v) is 5.28. The summed E-state index contributed by atoms with van der Waals surface area (Å²) in [5, 5.41) is 38.3. The van der Waals surface area contributed by atoms with Gasteiger partial charge in [-0.05, 0) is 58.5 Å². The molecule has 0 aliphatic carbocycles. The van der Waals surface area contributed by atoms with Crippen LogP contribution < -0.4 is 27.0 Å². The Morgan fingerprint density at radius 3 is 2.18 bits per heavy atom. The van der Waals surface area contributed by atoms with Gasteiger partial charge in [-0.15, -0.1) is 0 Å². The molecule has 1 fully saturated rings. The summed E-state index contributed by atoms with van der Waals surface area (Å²) in [6.45, 7) is 2.33. The number of unbranched alkanes of at least 4 members (excludes halogenated alkanes) is 1. The number of aliphatic hydroxyl groups excluding tert-OH is 1. The monoisotopic (exact) mass is 473 g/mol. The number of rotatable bonds is 15. The molecular weight excluding hydrogens is 438 g/mol. The van der Waals surface area contributed by atoms with Crippen LogP contribution in [-0.4, -0.2) is 88.3 Å². The van der Waals surface area contributed by atoms with E-state index in [4.69, 9.17) is 10.8 Å². The minimum absolute atomic E-state index is 0.130. The third kappa shape index (κ3) is 10.1. The van der Waals surface area contributed by atoms with Gasteiger partial charge in [0, 0.05) is 6.42 Å². The summed E-state index contributed by atoms with van der Waals surface area (Å²) >= 11 is 0. The first kappa shape index (κ1) is 28.3. The van der Waals surface area contributed by atoms with E-state index < -0.39 is 66.4 Å². The largest absolute Gasteiger partial charge is 0.481 e. The van der Waals surface area contributed by atoms with E-state index >= 15 is 0 Å². The van der Waals surface area contributed by atoms with Crippen LogP contribution >= 0.6 is 0 Å². The van der Waals surface area contributed by atoms with Crippen LogP contribution in [0.2, 0.25) is 0 Å². The summed E-state index contributed by atoms with van der Waals surface area (Å²) in [4.78, 5) is 60.1. The standard InChI is InChI=1S/C20H35N5O8/c1-11(26)16(25-17(29)12-6-4-10-22-12)19(31)23-13(5-2-3-9-21)18(30)24-14(20(32)33)7-8-15(27)28/h11-14,16,22,26H,2-10,21H2,1H3,(H,23,31)(H,24,30)(H,25,29)(H,27,28)(H,32,33). The Hall–Kier alpha value is -2.77. The molecule has 5 atom stereocenters. The Balaban J connectivity index is 2.88. The summed E-state index contributed by atoms with van der Waals surface area (Å²) < 4.78 is 0. The number of aliphatic hydroxyl groups is 1. The van der Waals surface area contributed by atoms with Crippen molar-refractivity contribution in [2.45, 2.75) is 82.1 Å². The molecule has 0 aromatic carbocycles. The van der Waals surface area contributed by atoms with E-state index in [-0.39, 0.29) is 12.8 Å². The first-order valence-corrected chi connectivity index (χ1v) is 11.0. The minimum atomic E-state index is -1.46. The number of carbonyl (C=O) groups excluding carboxylic acids is 3. The van der Waals surface area contributed by atoms with Crippen molar-refractivity contribution in [1.82, 2.24) is 21.3 Å². The number of hydrogen-bond acceptors (Lipinski definition) is 8. The number of amides is 3. The number of carboxylic acids is 2. The highest BCUT2D eigenvalue weighted by Crippen LogP contribution is 2.08. The van der Waals surface area contributed by atoms with Crippen molar-refractivity contribution in [2.75, 3.05) is 13.1 Å². The molecule has 0 aromatic rings. The molecule has 0 radical (unpaired) electrons. The average Bonchev–Trinajstić information content (AvgIpc) is 3.28. The molecule has 0 aromatic heterocycles. The molecule has 1 aliphatic heterocycles.